The second-order valence-corrected chi connectivity index (χ2v) is 7.50. The first-order valence-electron chi connectivity index (χ1n) is 8.69. The van der Waals surface area contributed by atoms with Crippen molar-refractivity contribution in [3.8, 4) is 0 Å². The molecule has 3 N–H and O–H groups in total. The number of carbonyl (C=O) groups is 2. The highest BCUT2D eigenvalue weighted by Crippen LogP contribution is 2.23. The van der Waals surface area contributed by atoms with Crippen LogP contribution in [0.5, 0.6) is 0 Å². The number of nitrogens with one attached hydrogen (secondary N) is 1. The minimum atomic E-state index is -0.537. The molecule has 1 aliphatic rings. The molecule has 0 aliphatic carbocycles. The number of rotatable bonds is 5. The fourth-order valence-electron chi connectivity index (χ4n) is 3.29. The van der Waals surface area contributed by atoms with E-state index < -0.39 is 5.91 Å². The second kappa shape index (κ2) is 8.47. The number of anilines is 1. The van der Waals surface area contributed by atoms with Crippen molar-refractivity contribution < 1.29 is 9.59 Å². The van der Waals surface area contributed by atoms with Crippen molar-refractivity contribution in [2.75, 3.05) is 18.4 Å². The van der Waals surface area contributed by atoms with E-state index in [9.17, 15) is 9.59 Å². The normalized spacial score (nSPS) is 15.6. The van der Waals surface area contributed by atoms with Crippen LogP contribution in [0, 0.1) is 5.92 Å². The average Bonchev–Trinajstić information content (AvgIpc) is 2.62. The summed E-state index contributed by atoms with van der Waals surface area (Å²) in [4.78, 5) is 26.4. The number of likely N-dealkylation sites (tertiary alicyclic amines) is 1. The van der Waals surface area contributed by atoms with Crippen LogP contribution in [0.4, 0.5) is 5.69 Å². The molecule has 0 spiro atoms. The van der Waals surface area contributed by atoms with E-state index in [1.807, 2.05) is 12.1 Å². The van der Waals surface area contributed by atoms with Crippen LogP contribution in [0.25, 0.3) is 0 Å². The molecule has 2 amide bonds. The minimum absolute atomic E-state index is 0.0409. The number of amides is 2. The van der Waals surface area contributed by atoms with E-state index in [4.69, 9.17) is 5.73 Å². The van der Waals surface area contributed by atoms with E-state index in [2.05, 4.69) is 38.3 Å². The van der Waals surface area contributed by atoms with Crippen molar-refractivity contribution >= 4 is 33.4 Å². The Morgan fingerprint density at radius 2 is 1.85 bits per heavy atom. The molecule has 0 aromatic heterocycles. The predicted octanol–water partition coefficient (Wildman–Crippen LogP) is 3.40. The van der Waals surface area contributed by atoms with E-state index in [0.717, 1.165) is 36.9 Å². The van der Waals surface area contributed by atoms with Gasteiger partial charge >= 0.3 is 0 Å². The summed E-state index contributed by atoms with van der Waals surface area (Å²) in [5.74, 6) is -0.625. The highest BCUT2D eigenvalue weighted by Gasteiger charge is 2.25. The van der Waals surface area contributed by atoms with Crippen LogP contribution in [0.15, 0.2) is 53.0 Å². The van der Waals surface area contributed by atoms with Crippen molar-refractivity contribution in [1.82, 2.24) is 4.90 Å². The third-order valence-electron chi connectivity index (χ3n) is 4.70. The van der Waals surface area contributed by atoms with E-state index in [1.54, 1.807) is 24.3 Å². The molecule has 26 heavy (non-hydrogen) atoms. The van der Waals surface area contributed by atoms with Crippen molar-refractivity contribution in [1.29, 1.82) is 0 Å². The van der Waals surface area contributed by atoms with E-state index in [1.165, 1.54) is 5.56 Å². The standard InChI is InChI=1S/C20H22BrN3O2/c21-16-5-3-4-14(12-16)13-24-10-8-15(9-11-24)20(26)23-18-7-2-1-6-17(18)19(22)25/h1-7,12,15H,8-11,13H2,(H2,22,25)(H,23,26). The van der Waals surface area contributed by atoms with Gasteiger partial charge in [-0.2, -0.15) is 0 Å². The lowest BCUT2D eigenvalue weighted by molar-refractivity contribution is -0.121. The average molecular weight is 416 g/mol. The van der Waals surface area contributed by atoms with E-state index in [-0.39, 0.29) is 11.8 Å². The minimum Gasteiger partial charge on any atom is -0.366 e. The molecule has 0 atom stereocenters. The molecule has 0 unspecified atom stereocenters. The third-order valence-corrected chi connectivity index (χ3v) is 5.20. The molecule has 0 bridgehead atoms. The van der Waals surface area contributed by atoms with Gasteiger partial charge in [-0.05, 0) is 55.8 Å². The Labute approximate surface area is 161 Å². The summed E-state index contributed by atoms with van der Waals surface area (Å²) in [6.07, 6.45) is 1.61. The molecule has 2 aromatic rings. The highest BCUT2D eigenvalue weighted by molar-refractivity contribution is 9.10. The van der Waals surface area contributed by atoms with Crippen LogP contribution >= 0.6 is 15.9 Å². The van der Waals surface area contributed by atoms with Gasteiger partial charge in [-0.15, -0.1) is 0 Å². The SMILES string of the molecule is NC(=O)c1ccccc1NC(=O)C1CCN(Cc2cccc(Br)c2)CC1. The third kappa shape index (κ3) is 4.71. The van der Waals surface area contributed by atoms with Gasteiger partial charge in [0.1, 0.15) is 0 Å². The van der Waals surface area contributed by atoms with Crippen LogP contribution in [-0.4, -0.2) is 29.8 Å². The molecule has 3 rings (SSSR count). The number of nitrogens with two attached hydrogens (primary N) is 1. The van der Waals surface area contributed by atoms with E-state index in [0.29, 0.717) is 11.3 Å². The second-order valence-electron chi connectivity index (χ2n) is 6.58. The smallest absolute Gasteiger partial charge is 0.250 e. The van der Waals surface area contributed by atoms with Gasteiger partial charge in [-0.3, -0.25) is 14.5 Å². The molecule has 6 heteroatoms. The quantitative estimate of drug-likeness (QED) is 0.785. The maximum atomic E-state index is 12.6. The fraction of sp³-hybridized carbons (Fsp3) is 0.300. The molecule has 0 radical (unpaired) electrons. The van der Waals surface area contributed by atoms with Gasteiger partial charge in [0.2, 0.25) is 5.91 Å². The molecule has 2 aromatic carbocycles. The van der Waals surface area contributed by atoms with Gasteiger partial charge in [0.15, 0.2) is 0 Å². The first-order valence-corrected chi connectivity index (χ1v) is 9.49. The monoisotopic (exact) mass is 415 g/mol. The topological polar surface area (TPSA) is 75.4 Å². The Kier molecular flexibility index (Phi) is 6.06. The fourth-order valence-corrected chi connectivity index (χ4v) is 3.74. The number of hydrogen-bond donors (Lipinski definition) is 2. The van der Waals surface area contributed by atoms with Crippen molar-refractivity contribution in [2.24, 2.45) is 11.7 Å². The Balaban J connectivity index is 1.55. The van der Waals surface area contributed by atoms with Crippen molar-refractivity contribution in [3.63, 3.8) is 0 Å². The lowest BCUT2D eigenvalue weighted by Crippen LogP contribution is -2.38. The lowest BCUT2D eigenvalue weighted by atomic mass is 9.95. The summed E-state index contributed by atoms with van der Waals surface area (Å²) in [5, 5.41) is 2.87. The molecule has 0 saturated carbocycles. The number of halogens is 1. The van der Waals surface area contributed by atoms with Crippen LogP contribution in [0.3, 0.4) is 0 Å². The van der Waals surface area contributed by atoms with Gasteiger partial charge in [0.05, 0.1) is 11.3 Å². The Bertz CT molecular complexity index is 801. The van der Waals surface area contributed by atoms with Crippen LogP contribution in [0.2, 0.25) is 0 Å². The van der Waals surface area contributed by atoms with Crippen LogP contribution in [0.1, 0.15) is 28.8 Å². The predicted molar refractivity (Wildman–Crippen MR) is 106 cm³/mol. The number of para-hydroxylation sites is 1. The molecule has 1 saturated heterocycles. The maximum Gasteiger partial charge on any atom is 0.250 e. The molecular formula is C20H22BrN3O2. The summed E-state index contributed by atoms with van der Waals surface area (Å²) < 4.78 is 1.08. The number of carbonyl (C=O) groups excluding carboxylic acids is 2. The summed E-state index contributed by atoms with van der Waals surface area (Å²) in [6.45, 7) is 2.64. The summed E-state index contributed by atoms with van der Waals surface area (Å²) in [7, 11) is 0. The highest BCUT2D eigenvalue weighted by atomic mass is 79.9. The first-order chi connectivity index (χ1) is 12.5. The van der Waals surface area contributed by atoms with Gasteiger partial charge in [0.25, 0.3) is 5.91 Å². The van der Waals surface area contributed by atoms with Crippen molar-refractivity contribution in [3.05, 3.63) is 64.1 Å². The molecule has 136 valence electrons. The van der Waals surface area contributed by atoms with Gasteiger partial charge in [-0.1, -0.05) is 40.2 Å². The van der Waals surface area contributed by atoms with E-state index >= 15 is 0 Å². The van der Waals surface area contributed by atoms with Crippen LogP contribution in [-0.2, 0) is 11.3 Å². The summed E-state index contributed by atoms with van der Waals surface area (Å²) >= 11 is 3.50. The Morgan fingerprint density at radius 1 is 1.12 bits per heavy atom. The van der Waals surface area contributed by atoms with Crippen molar-refractivity contribution in [2.45, 2.75) is 19.4 Å². The summed E-state index contributed by atoms with van der Waals surface area (Å²) in [6, 6.07) is 15.1. The number of hydrogen-bond acceptors (Lipinski definition) is 3. The zero-order valence-corrected chi connectivity index (χ0v) is 16.0. The molecule has 5 nitrogen and oxygen atoms in total. The van der Waals surface area contributed by atoms with Gasteiger partial charge in [-0.25, -0.2) is 0 Å². The lowest BCUT2D eigenvalue weighted by Gasteiger charge is -2.31. The Morgan fingerprint density at radius 3 is 2.54 bits per heavy atom. The first kappa shape index (κ1) is 18.6. The maximum absolute atomic E-state index is 12.6. The van der Waals surface area contributed by atoms with Gasteiger partial charge in [0, 0.05) is 16.9 Å². The number of primary amides is 1. The summed E-state index contributed by atoms with van der Waals surface area (Å²) in [5.41, 5.74) is 7.46. The van der Waals surface area contributed by atoms with Crippen LogP contribution < -0.4 is 11.1 Å². The zero-order chi connectivity index (χ0) is 18.5. The molecular weight excluding hydrogens is 394 g/mol. The number of nitrogens with zero attached hydrogens (tertiary/aromatic N) is 1. The number of benzene rings is 2. The van der Waals surface area contributed by atoms with Gasteiger partial charge < -0.3 is 11.1 Å². The molecule has 1 aliphatic heterocycles. The molecule has 1 heterocycles. The Hall–Kier alpha value is -2.18. The largest absolute Gasteiger partial charge is 0.366 e. The zero-order valence-electron chi connectivity index (χ0n) is 14.5. The molecule has 1 fully saturated rings. The number of piperidine rings is 1.